The van der Waals surface area contributed by atoms with Crippen molar-refractivity contribution in [2.75, 3.05) is 6.54 Å². The molecule has 0 aromatic heterocycles. The Balaban J connectivity index is 2.30. The number of hydrogen-bond acceptors (Lipinski definition) is 1. The molecule has 1 nitrogen and oxygen atoms in total. The Morgan fingerprint density at radius 1 is 1.38 bits per heavy atom. The normalized spacial score (nSPS) is 24.6. The quantitative estimate of drug-likeness (QED) is 0.854. The number of hydrogen-bond donors (Lipinski definition) is 1. The van der Waals surface area contributed by atoms with E-state index in [0.29, 0.717) is 18.0 Å². The van der Waals surface area contributed by atoms with Crippen LogP contribution in [0, 0.1) is 5.92 Å². The van der Waals surface area contributed by atoms with Crippen molar-refractivity contribution in [3.05, 3.63) is 34.3 Å². The second-order valence-corrected chi connectivity index (χ2v) is 4.48. The fourth-order valence-electron chi connectivity index (χ4n) is 1.91. The molecule has 0 aliphatic heterocycles. The molecule has 0 heterocycles. The predicted molar refractivity (Wildman–Crippen MR) is 56.4 cm³/mol. The summed E-state index contributed by atoms with van der Waals surface area (Å²) in [6, 6.07) is 4.10. The summed E-state index contributed by atoms with van der Waals surface area (Å²) in [5, 5.41) is -0.249. The van der Waals surface area contributed by atoms with E-state index in [1.54, 1.807) is 6.07 Å². The molecule has 5 heteroatoms. The molecule has 2 rings (SSSR count). The molecule has 0 unspecified atom stereocenters. The van der Waals surface area contributed by atoms with E-state index < -0.39 is 11.7 Å². The van der Waals surface area contributed by atoms with Crippen molar-refractivity contribution >= 4 is 11.6 Å². The van der Waals surface area contributed by atoms with E-state index in [1.165, 1.54) is 6.07 Å². The largest absolute Gasteiger partial charge is 0.417 e. The zero-order chi connectivity index (χ0) is 11.9. The summed E-state index contributed by atoms with van der Waals surface area (Å²) in [5.41, 5.74) is 5.40. The summed E-state index contributed by atoms with van der Waals surface area (Å²) in [5.74, 6) is 0.491. The lowest BCUT2D eigenvalue weighted by Gasteiger charge is -2.10. The van der Waals surface area contributed by atoms with Crippen LogP contribution >= 0.6 is 11.6 Å². The first-order valence-electron chi connectivity index (χ1n) is 5.00. The zero-order valence-corrected chi connectivity index (χ0v) is 9.15. The fraction of sp³-hybridized carbons (Fsp3) is 0.455. The minimum atomic E-state index is -4.39. The molecule has 88 valence electrons. The van der Waals surface area contributed by atoms with Crippen LogP contribution in [-0.4, -0.2) is 6.54 Å². The van der Waals surface area contributed by atoms with Crippen LogP contribution in [0.15, 0.2) is 18.2 Å². The third-order valence-corrected chi connectivity index (χ3v) is 3.28. The van der Waals surface area contributed by atoms with Gasteiger partial charge in [0.15, 0.2) is 0 Å². The Morgan fingerprint density at radius 3 is 2.56 bits per heavy atom. The molecule has 1 saturated carbocycles. The van der Waals surface area contributed by atoms with Gasteiger partial charge in [-0.05, 0) is 42.5 Å². The highest BCUT2D eigenvalue weighted by Gasteiger charge is 2.39. The highest BCUT2D eigenvalue weighted by molar-refractivity contribution is 6.31. The lowest BCUT2D eigenvalue weighted by molar-refractivity contribution is -0.137. The summed E-state index contributed by atoms with van der Waals surface area (Å²) < 4.78 is 37.7. The van der Waals surface area contributed by atoms with Crippen molar-refractivity contribution in [1.82, 2.24) is 0 Å². The van der Waals surface area contributed by atoms with E-state index in [1.807, 2.05) is 0 Å². The molecule has 2 N–H and O–H groups in total. The Hall–Kier alpha value is -0.740. The van der Waals surface area contributed by atoms with Crippen LogP contribution in [0.3, 0.4) is 0 Å². The van der Waals surface area contributed by atoms with Gasteiger partial charge < -0.3 is 5.73 Å². The third-order valence-electron chi connectivity index (χ3n) is 2.95. The van der Waals surface area contributed by atoms with Crippen LogP contribution in [0.2, 0.25) is 5.02 Å². The topological polar surface area (TPSA) is 26.0 Å². The van der Waals surface area contributed by atoms with Crippen LogP contribution in [0.25, 0.3) is 0 Å². The maximum absolute atomic E-state index is 12.6. The number of alkyl halides is 3. The molecule has 16 heavy (non-hydrogen) atoms. The molecular weight excluding hydrogens is 239 g/mol. The maximum Gasteiger partial charge on any atom is 0.417 e. The molecule has 0 radical (unpaired) electrons. The minimum Gasteiger partial charge on any atom is -0.330 e. The molecule has 0 amide bonds. The van der Waals surface area contributed by atoms with Gasteiger partial charge in [0.2, 0.25) is 0 Å². The van der Waals surface area contributed by atoms with Gasteiger partial charge in [-0.15, -0.1) is 0 Å². The van der Waals surface area contributed by atoms with Crippen LogP contribution in [0.5, 0.6) is 0 Å². The van der Waals surface area contributed by atoms with Crippen LogP contribution in [0.4, 0.5) is 13.2 Å². The Labute approximate surface area is 96.4 Å². The van der Waals surface area contributed by atoms with Crippen molar-refractivity contribution in [3.63, 3.8) is 0 Å². The van der Waals surface area contributed by atoms with Crippen molar-refractivity contribution < 1.29 is 13.2 Å². The lowest BCUT2D eigenvalue weighted by atomic mass is 10.1. The number of rotatable bonds is 2. The van der Waals surface area contributed by atoms with E-state index in [9.17, 15) is 13.2 Å². The second kappa shape index (κ2) is 3.93. The molecule has 0 spiro atoms. The first kappa shape index (κ1) is 11.7. The summed E-state index contributed by atoms with van der Waals surface area (Å²) in [7, 11) is 0. The van der Waals surface area contributed by atoms with Gasteiger partial charge >= 0.3 is 6.18 Å². The van der Waals surface area contributed by atoms with Crippen molar-refractivity contribution in [1.29, 1.82) is 0 Å². The van der Waals surface area contributed by atoms with E-state index in [2.05, 4.69) is 0 Å². The summed E-state index contributed by atoms with van der Waals surface area (Å²) in [6.07, 6.45) is -3.52. The van der Waals surface area contributed by atoms with E-state index >= 15 is 0 Å². The molecule has 1 aromatic carbocycles. The van der Waals surface area contributed by atoms with E-state index in [4.69, 9.17) is 17.3 Å². The fourth-order valence-corrected chi connectivity index (χ4v) is 2.13. The summed E-state index contributed by atoms with van der Waals surface area (Å²) in [4.78, 5) is 0. The number of halogens is 4. The van der Waals surface area contributed by atoms with Gasteiger partial charge in [-0.3, -0.25) is 0 Å². The first-order valence-corrected chi connectivity index (χ1v) is 5.38. The van der Waals surface area contributed by atoms with Crippen molar-refractivity contribution in [3.8, 4) is 0 Å². The highest BCUT2D eigenvalue weighted by Crippen LogP contribution is 2.48. The van der Waals surface area contributed by atoms with Gasteiger partial charge in [0.05, 0.1) is 10.6 Å². The summed E-state index contributed by atoms with van der Waals surface area (Å²) in [6.45, 7) is 0.522. The summed E-state index contributed by atoms with van der Waals surface area (Å²) >= 11 is 5.53. The van der Waals surface area contributed by atoms with Crippen LogP contribution in [-0.2, 0) is 6.18 Å². The lowest BCUT2D eigenvalue weighted by Crippen LogP contribution is -2.07. The standard InChI is InChI=1S/C11H11ClF3N/c12-10-2-1-6(8-3-7(8)5-16)4-9(10)11(13,14)15/h1-2,4,7-8H,3,5,16H2/t7-,8-/m0/s1. The Morgan fingerprint density at radius 2 is 2.06 bits per heavy atom. The average molecular weight is 250 g/mol. The van der Waals surface area contributed by atoms with Gasteiger partial charge in [0.1, 0.15) is 0 Å². The Bertz CT molecular complexity index is 403. The predicted octanol–water partition coefficient (Wildman–Crippen LogP) is 3.42. The van der Waals surface area contributed by atoms with Gasteiger partial charge in [-0.1, -0.05) is 17.7 Å². The molecule has 2 atom stereocenters. The maximum atomic E-state index is 12.6. The Kier molecular flexibility index (Phi) is 2.88. The average Bonchev–Trinajstić information content (AvgIpc) is 2.96. The minimum absolute atomic E-state index is 0.170. The van der Waals surface area contributed by atoms with Crippen LogP contribution in [0.1, 0.15) is 23.5 Å². The molecule has 1 aliphatic rings. The zero-order valence-electron chi connectivity index (χ0n) is 8.39. The second-order valence-electron chi connectivity index (χ2n) is 4.08. The molecule has 0 saturated heterocycles. The van der Waals surface area contributed by atoms with Gasteiger partial charge in [0, 0.05) is 0 Å². The van der Waals surface area contributed by atoms with Crippen molar-refractivity contribution in [2.24, 2.45) is 11.7 Å². The molecule has 1 aromatic rings. The van der Waals surface area contributed by atoms with E-state index in [-0.39, 0.29) is 10.9 Å². The molecule has 1 fully saturated rings. The molecular formula is C11H11ClF3N. The highest BCUT2D eigenvalue weighted by atomic mass is 35.5. The third kappa shape index (κ3) is 2.18. The SMILES string of the molecule is NC[C@@H]1C[C@H]1c1ccc(Cl)c(C(F)(F)F)c1. The van der Waals surface area contributed by atoms with Gasteiger partial charge in [0.25, 0.3) is 0 Å². The number of nitrogens with two attached hydrogens (primary N) is 1. The number of benzene rings is 1. The van der Waals surface area contributed by atoms with E-state index in [0.717, 1.165) is 12.5 Å². The van der Waals surface area contributed by atoms with Crippen LogP contribution < -0.4 is 5.73 Å². The smallest absolute Gasteiger partial charge is 0.330 e. The van der Waals surface area contributed by atoms with Crippen molar-refractivity contribution in [2.45, 2.75) is 18.5 Å². The van der Waals surface area contributed by atoms with Gasteiger partial charge in [-0.25, -0.2) is 0 Å². The monoisotopic (exact) mass is 249 g/mol. The first-order chi connectivity index (χ1) is 7.43. The molecule has 0 bridgehead atoms. The van der Waals surface area contributed by atoms with Gasteiger partial charge in [-0.2, -0.15) is 13.2 Å². The molecule has 1 aliphatic carbocycles.